The normalized spacial score (nSPS) is 19.9. The Hall–Kier alpha value is -0.830. The number of nitrogens with one attached hydrogen (secondary N) is 1. The Morgan fingerprint density at radius 1 is 1.38 bits per heavy atom. The van der Waals surface area contributed by atoms with Crippen molar-refractivity contribution in [2.75, 3.05) is 19.6 Å². The standard InChI is InChI=1S/C13H24N2O/c1-3-12(2)14-13(16)8-7-11-15-9-5-4-6-10-15/h7-8,12H,3-6,9-11H2,1-2H3,(H,14,16)/b8-7+. The van der Waals surface area contributed by atoms with Gasteiger partial charge in [0.1, 0.15) is 0 Å². The van der Waals surface area contributed by atoms with Crippen LogP contribution in [0.4, 0.5) is 0 Å². The van der Waals surface area contributed by atoms with Gasteiger partial charge in [-0.2, -0.15) is 0 Å². The molecular formula is C13H24N2O. The zero-order valence-electron chi connectivity index (χ0n) is 10.5. The van der Waals surface area contributed by atoms with E-state index in [1.54, 1.807) is 6.08 Å². The first-order valence-electron chi connectivity index (χ1n) is 6.41. The topological polar surface area (TPSA) is 32.3 Å². The van der Waals surface area contributed by atoms with E-state index in [-0.39, 0.29) is 11.9 Å². The molecule has 0 aliphatic carbocycles. The van der Waals surface area contributed by atoms with Crippen LogP contribution in [0.5, 0.6) is 0 Å². The number of amides is 1. The Labute approximate surface area is 98.9 Å². The van der Waals surface area contributed by atoms with E-state index in [0.29, 0.717) is 0 Å². The summed E-state index contributed by atoms with van der Waals surface area (Å²) in [6, 6.07) is 0.270. The minimum atomic E-state index is 0.0337. The average Bonchev–Trinajstić information content (AvgIpc) is 2.30. The van der Waals surface area contributed by atoms with E-state index in [9.17, 15) is 4.79 Å². The molecule has 1 unspecified atom stereocenters. The van der Waals surface area contributed by atoms with Crippen molar-refractivity contribution < 1.29 is 4.79 Å². The van der Waals surface area contributed by atoms with E-state index < -0.39 is 0 Å². The molecule has 0 aromatic carbocycles. The largest absolute Gasteiger partial charge is 0.350 e. The van der Waals surface area contributed by atoms with Crippen molar-refractivity contribution in [3.8, 4) is 0 Å². The van der Waals surface area contributed by atoms with Crippen LogP contribution in [-0.2, 0) is 4.79 Å². The number of likely N-dealkylation sites (tertiary alicyclic amines) is 1. The summed E-state index contributed by atoms with van der Waals surface area (Å²) in [5.41, 5.74) is 0. The molecule has 92 valence electrons. The van der Waals surface area contributed by atoms with E-state index in [1.165, 1.54) is 32.4 Å². The van der Waals surface area contributed by atoms with Crippen molar-refractivity contribution in [1.29, 1.82) is 0 Å². The first kappa shape index (κ1) is 13.2. The first-order chi connectivity index (χ1) is 7.72. The van der Waals surface area contributed by atoms with Crippen LogP contribution in [-0.4, -0.2) is 36.5 Å². The molecule has 1 rings (SSSR count). The Morgan fingerprint density at radius 3 is 2.69 bits per heavy atom. The summed E-state index contributed by atoms with van der Waals surface area (Å²) < 4.78 is 0. The zero-order valence-corrected chi connectivity index (χ0v) is 10.5. The summed E-state index contributed by atoms with van der Waals surface area (Å²) in [6.45, 7) is 7.36. The van der Waals surface area contributed by atoms with Crippen molar-refractivity contribution in [2.45, 2.75) is 45.6 Å². The summed E-state index contributed by atoms with van der Waals surface area (Å²) in [6.07, 6.45) is 8.57. The molecule has 3 nitrogen and oxygen atoms in total. The second-order valence-electron chi connectivity index (χ2n) is 4.58. The van der Waals surface area contributed by atoms with Gasteiger partial charge < -0.3 is 5.32 Å². The van der Waals surface area contributed by atoms with Crippen molar-refractivity contribution in [1.82, 2.24) is 10.2 Å². The maximum atomic E-state index is 11.4. The molecule has 1 saturated heterocycles. The average molecular weight is 224 g/mol. The third-order valence-electron chi connectivity index (χ3n) is 3.08. The Balaban J connectivity index is 2.17. The van der Waals surface area contributed by atoms with Crippen LogP contribution < -0.4 is 5.32 Å². The summed E-state index contributed by atoms with van der Waals surface area (Å²) in [5, 5.41) is 2.92. The van der Waals surface area contributed by atoms with Gasteiger partial charge in [0.05, 0.1) is 0 Å². The highest BCUT2D eigenvalue weighted by Crippen LogP contribution is 2.07. The molecule has 0 spiro atoms. The van der Waals surface area contributed by atoms with Crippen molar-refractivity contribution in [2.24, 2.45) is 0 Å². The second kappa shape index (κ2) is 7.44. The number of hydrogen-bond donors (Lipinski definition) is 1. The van der Waals surface area contributed by atoms with E-state index in [0.717, 1.165) is 13.0 Å². The molecule has 3 heteroatoms. The second-order valence-corrected chi connectivity index (χ2v) is 4.58. The molecule has 1 atom stereocenters. The molecule has 1 aliphatic heterocycles. The number of nitrogens with zero attached hydrogens (tertiary/aromatic N) is 1. The van der Waals surface area contributed by atoms with Crippen LogP contribution >= 0.6 is 0 Å². The number of carbonyl (C=O) groups is 1. The van der Waals surface area contributed by atoms with Crippen LogP contribution in [0.1, 0.15) is 39.5 Å². The highest BCUT2D eigenvalue weighted by molar-refractivity contribution is 5.87. The molecular weight excluding hydrogens is 200 g/mol. The number of rotatable bonds is 5. The molecule has 16 heavy (non-hydrogen) atoms. The fraction of sp³-hybridized carbons (Fsp3) is 0.769. The predicted octanol–water partition coefficient (Wildman–Crippen LogP) is 1.94. The molecule has 1 fully saturated rings. The van der Waals surface area contributed by atoms with Gasteiger partial charge in [-0.1, -0.05) is 19.4 Å². The van der Waals surface area contributed by atoms with Gasteiger partial charge in [0.15, 0.2) is 0 Å². The number of carbonyl (C=O) groups excluding carboxylic acids is 1. The van der Waals surface area contributed by atoms with Crippen LogP contribution in [0.2, 0.25) is 0 Å². The van der Waals surface area contributed by atoms with Crippen LogP contribution in [0.3, 0.4) is 0 Å². The van der Waals surface area contributed by atoms with Gasteiger partial charge in [-0.05, 0) is 39.3 Å². The van der Waals surface area contributed by atoms with Gasteiger partial charge in [0.2, 0.25) is 5.91 Å². The molecule has 1 heterocycles. The molecule has 0 bridgehead atoms. The fourth-order valence-electron chi connectivity index (χ4n) is 1.84. The van der Waals surface area contributed by atoms with E-state index in [4.69, 9.17) is 0 Å². The third kappa shape index (κ3) is 5.31. The van der Waals surface area contributed by atoms with Crippen molar-refractivity contribution in [3.05, 3.63) is 12.2 Å². The maximum absolute atomic E-state index is 11.4. The molecule has 1 N–H and O–H groups in total. The fourth-order valence-corrected chi connectivity index (χ4v) is 1.84. The minimum Gasteiger partial charge on any atom is -0.350 e. The highest BCUT2D eigenvalue weighted by Gasteiger charge is 2.07. The molecule has 1 amide bonds. The summed E-state index contributed by atoms with van der Waals surface area (Å²) >= 11 is 0. The summed E-state index contributed by atoms with van der Waals surface area (Å²) in [7, 11) is 0. The SMILES string of the molecule is CCC(C)NC(=O)/C=C/CN1CCCCC1. The van der Waals surface area contributed by atoms with Crippen molar-refractivity contribution >= 4 is 5.91 Å². The lowest BCUT2D eigenvalue weighted by Crippen LogP contribution is -2.31. The number of hydrogen-bond acceptors (Lipinski definition) is 2. The van der Waals surface area contributed by atoms with Gasteiger partial charge in [-0.25, -0.2) is 0 Å². The van der Waals surface area contributed by atoms with Gasteiger partial charge in [-0.15, -0.1) is 0 Å². The highest BCUT2D eigenvalue weighted by atomic mass is 16.1. The Kier molecular flexibility index (Phi) is 6.16. The smallest absolute Gasteiger partial charge is 0.243 e. The maximum Gasteiger partial charge on any atom is 0.243 e. The zero-order chi connectivity index (χ0) is 11.8. The van der Waals surface area contributed by atoms with Gasteiger partial charge in [-0.3, -0.25) is 9.69 Å². The third-order valence-corrected chi connectivity index (χ3v) is 3.08. The van der Waals surface area contributed by atoms with E-state index >= 15 is 0 Å². The first-order valence-corrected chi connectivity index (χ1v) is 6.41. The van der Waals surface area contributed by atoms with Gasteiger partial charge in [0, 0.05) is 18.7 Å². The van der Waals surface area contributed by atoms with Crippen LogP contribution in [0, 0.1) is 0 Å². The van der Waals surface area contributed by atoms with Crippen LogP contribution in [0.25, 0.3) is 0 Å². The molecule has 0 aromatic heterocycles. The molecule has 0 radical (unpaired) electrons. The van der Waals surface area contributed by atoms with Crippen LogP contribution in [0.15, 0.2) is 12.2 Å². The quantitative estimate of drug-likeness (QED) is 0.724. The Morgan fingerprint density at radius 2 is 2.06 bits per heavy atom. The Bertz CT molecular complexity index is 232. The molecule has 0 aromatic rings. The molecule has 0 saturated carbocycles. The predicted molar refractivity (Wildman–Crippen MR) is 67.3 cm³/mol. The van der Waals surface area contributed by atoms with E-state index in [2.05, 4.69) is 17.1 Å². The lowest BCUT2D eigenvalue weighted by molar-refractivity contribution is -0.117. The minimum absolute atomic E-state index is 0.0337. The lowest BCUT2D eigenvalue weighted by Gasteiger charge is -2.24. The van der Waals surface area contributed by atoms with Crippen molar-refractivity contribution in [3.63, 3.8) is 0 Å². The number of piperidine rings is 1. The summed E-state index contributed by atoms with van der Waals surface area (Å²) in [4.78, 5) is 13.8. The molecule has 1 aliphatic rings. The van der Waals surface area contributed by atoms with Gasteiger partial charge in [0.25, 0.3) is 0 Å². The monoisotopic (exact) mass is 224 g/mol. The lowest BCUT2D eigenvalue weighted by atomic mass is 10.1. The van der Waals surface area contributed by atoms with E-state index in [1.807, 2.05) is 13.0 Å². The summed E-state index contributed by atoms with van der Waals surface area (Å²) in [5.74, 6) is 0.0337. The van der Waals surface area contributed by atoms with Gasteiger partial charge >= 0.3 is 0 Å².